The third-order valence-electron chi connectivity index (χ3n) is 4.38. The highest BCUT2D eigenvalue weighted by Crippen LogP contribution is 2.25. The third kappa shape index (κ3) is 3.62. The van der Waals surface area contributed by atoms with E-state index in [9.17, 15) is 9.59 Å². The number of aryl methyl sites for hydroxylation is 2. The number of nitrogens with zero attached hydrogens (tertiary/aromatic N) is 2. The number of carbonyl (C=O) groups excluding carboxylic acids is 1. The van der Waals surface area contributed by atoms with Gasteiger partial charge in [0.25, 0.3) is 5.56 Å². The van der Waals surface area contributed by atoms with E-state index in [1.54, 1.807) is 7.11 Å². The normalized spacial score (nSPS) is 10.9. The molecule has 26 heavy (non-hydrogen) atoms. The molecule has 2 heterocycles. The summed E-state index contributed by atoms with van der Waals surface area (Å²) in [4.78, 5) is 30.9. The second-order valence-electron chi connectivity index (χ2n) is 6.05. The number of para-hydroxylation sites is 1. The van der Waals surface area contributed by atoms with Crippen molar-refractivity contribution in [3.05, 3.63) is 57.0 Å². The van der Waals surface area contributed by atoms with Crippen LogP contribution in [0.15, 0.2) is 35.4 Å². The van der Waals surface area contributed by atoms with Crippen molar-refractivity contribution in [2.75, 3.05) is 13.7 Å². The van der Waals surface area contributed by atoms with Crippen LogP contribution in [-0.2, 0) is 17.8 Å². The van der Waals surface area contributed by atoms with Crippen LogP contribution in [0.5, 0.6) is 5.75 Å². The van der Waals surface area contributed by atoms with Crippen molar-refractivity contribution in [1.29, 1.82) is 0 Å². The number of benzene rings is 1. The highest BCUT2D eigenvalue weighted by atomic mass is 32.1. The highest BCUT2D eigenvalue weighted by molar-refractivity contribution is 7.18. The van der Waals surface area contributed by atoms with Gasteiger partial charge in [-0.3, -0.25) is 14.2 Å². The van der Waals surface area contributed by atoms with E-state index in [4.69, 9.17) is 4.74 Å². The van der Waals surface area contributed by atoms with Crippen molar-refractivity contribution in [3.63, 3.8) is 0 Å². The van der Waals surface area contributed by atoms with E-state index in [2.05, 4.69) is 10.3 Å². The predicted octanol–water partition coefficient (Wildman–Crippen LogP) is 2.44. The van der Waals surface area contributed by atoms with Crippen LogP contribution >= 0.6 is 11.3 Å². The summed E-state index contributed by atoms with van der Waals surface area (Å²) in [6, 6.07) is 7.70. The van der Waals surface area contributed by atoms with E-state index < -0.39 is 0 Å². The molecule has 0 aliphatic rings. The van der Waals surface area contributed by atoms with Gasteiger partial charge in [0.1, 0.15) is 17.1 Å². The molecule has 0 saturated heterocycles. The van der Waals surface area contributed by atoms with Crippen LogP contribution in [-0.4, -0.2) is 29.1 Å². The molecular formula is C19H21N3O3S. The van der Waals surface area contributed by atoms with Gasteiger partial charge >= 0.3 is 0 Å². The molecule has 3 aromatic rings. The smallest absolute Gasteiger partial charge is 0.262 e. The van der Waals surface area contributed by atoms with E-state index in [0.29, 0.717) is 18.4 Å². The van der Waals surface area contributed by atoms with Gasteiger partial charge in [0.15, 0.2) is 0 Å². The Balaban J connectivity index is 1.65. The van der Waals surface area contributed by atoms with Gasteiger partial charge in [-0.05, 0) is 37.5 Å². The number of thiophene rings is 1. The fourth-order valence-corrected chi connectivity index (χ4v) is 3.83. The number of fused-ring (bicyclic) bond motifs is 1. The van der Waals surface area contributed by atoms with Crippen molar-refractivity contribution < 1.29 is 9.53 Å². The van der Waals surface area contributed by atoms with E-state index in [-0.39, 0.29) is 18.0 Å². The van der Waals surface area contributed by atoms with Crippen molar-refractivity contribution in [2.24, 2.45) is 0 Å². The maximum absolute atomic E-state index is 12.6. The maximum atomic E-state index is 12.6. The molecule has 7 heteroatoms. The molecule has 136 valence electrons. The Labute approximate surface area is 155 Å². The van der Waals surface area contributed by atoms with Gasteiger partial charge in [-0.25, -0.2) is 4.98 Å². The Kier molecular flexibility index (Phi) is 5.37. The van der Waals surface area contributed by atoms with E-state index in [0.717, 1.165) is 26.6 Å². The average molecular weight is 371 g/mol. The maximum Gasteiger partial charge on any atom is 0.262 e. The lowest BCUT2D eigenvalue weighted by molar-refractivity contribution is -0.121. The van der Waals surface area contributed by atoms with E-state index >= 15 is 0 Å². The van der Waals surface area contributed by atoms with Crippen LogP contribution in [0, 0.1) is 13.8 Å². The van der Waals surface area contributed by atoms with E-state index in [1.165, 1.54) is 22.2 Å². The Morgan fingerprint density at radius 1 is 1.31 bits per heavy atom. The lowest BCUT2D eigenvalue weighted by atomic mass is 10.1. The molecule has 6 nitrogen and oxygen atoms in total. The zero-order chi connectivity index (χ0) is 18.7. The highest BCUT2D eigenvalue weighted by Gasteiger charge is 2.13. The summed E-state index contributed by atoms with van der Waals surface area (Å²) in [5.41, 5.74) is 1.80. The molecular weight excluding hydrogens is 350 g/mol. The first-order valence-electron chi connectivity index (χ1n) is 8.35. The number of hydrogen-bond acceptors (Lipinski definition) is 5. The zero-order valence-electron chi connectivity index (χ0n) is 15.0. The molecule has 0 fully saturated rings. The lowest BCUT2D eigenvalue weighted by Crippen LogP contribution is -2.33. The quantitative estimate of drug-likeness (QED) is 0.722. The Morgan fingerprint density at radius 2 is 2.08 bits per heavy atom. The summed E-state index contributed by atoms with van der Waals surface area (Å²) in [5, 5.41) is 3.45. The zero-order valence-corrected chi connectivity index (χ0v) is 15.9. The standard InChI is InChI=1S/C19H21N3O3S/c1-12-13(2)26-18-17(12)19(24)22(11-21-18)10-16(23)20-9-8-14-6-4-5-7-15(14)25-3/h4-7,11H,8-10H2,1-3H3,(H,20,23). The second-order valence-corrected chi connectivity index (χ2v) is 7.26. The minimum atomic E-state index is -0.215. The fourth-order valence-electron chi connectivity index (χ4n) is 2.84. The number of aromatic nitrogens is 2. The number of hydrogen-bond donors (Lipinski definition) is 1. The minimum absolute atomic E-state index is 0.0397. The average Bonchev–Trinajstić information content (AvgIpc) is 2.93. The number of rotatable bonds is 6. The summed E-state index contributed by atoms with van der Waals surface area (Å²) in [5.74, 6) is 0.587. The van der Waals surface area contributed by atoms with E-state index in [1.807, 2.05) is 38.1 Å². The summed E-state index contributed by atoms with van der Waals surface area (Å²) >= 11 is 1.50. The van der Waals surface area contributed by atoms with Gasteiger partial charge in [-0.1, -0.05) is 18.2 Å². The largest absolute Gasteiger partial charge is 0.496 e. The molecule has 2 aromatic heterocycles. The number of nitrogens with one attached hydrogen (secondary N) is 1. The number of ether oxygens (including phenoxy) is 1. The van der Waals surface area contributed by atoms with Gasteiger partial charge in [0.05, 0.1) is 18.8 Å². The molecule has 0 spiro atoms. The van der Waals surface area contributed by atoms with Crippen LogP contribution in [0.4, 0.5) is 0 Å². The monoisotopic (exact) mass is 371 g/mol. The Hall–Kier alpha value is -2.67. The molecule has 1 amide bonds. The molecule has 0 bridgehead atoms. The summed E-state index contributed by atoms with van der Waals surface area (Å²) in [7, 11) is 1.63. The van der Waals surface area contributed by atoms with Gasteiger partial charge in [-0.15, -0.1) is 11.3 Å². The molecule has 0 unspecified atom stereocenters. The Bertz CT molecular complexity index is 1010. The number of methoxy groups -OCH3 is 1. The summed E-state index contributed by atoms with van der Waals surface area (Å²) < 4.78 is 6.66. The number of carbonyl (C=O) groups is 1. The van der Waals surface area contributed by atoms with Gasteiger partial charge in [0.2, 0.25) is 5.91 Å². The lowest BCUT2D eigenvalue weighted by Gasteiger charge is -2.10. The molecule has 0 aliphatic heterocycles. The number of amides is 1. The van der Waals surface area contributed by atoms with Crippen LogP contribution in [0.25, 0.3) is 10.2 Å². The Morgan fingerprint density at radius 3 is 2.85 bits per heavy atom. The van der Waals surface area contributed by atoms with Gasteiger partial charge < -0.3 is 10.1 Å². The van der Waals surface area contributed by atoms with Gasteiger partial charge in [-0.2, -0.15) is 0 Å². The van der Waals surface area contributed by atoms with Crippen LogP contribution in [0.3, 0.4) is 0 Å². The summed E-state index contributed by atoms with van der Waals surface area (Å²) in [6.45, 7) is 4.31. The molecule has 0 radical (unpaired) electrons. The second kappa shape index (κ2) is 7.70. The van der Waals surface area contributed by atoms with Crippen molar-refractivity contribution in [2.45, 2.75) is 26.8 Å². The van der Waals surface area contributed by atoms with Crippen LogP contribution in [0.1, 0.15) is 16.0 Å². The molecule has 0 aliphatic carbocycles. The van der Waals surface area contributed by atoms with Crippen LogP contribution in [0.2, 0.25) is 0 Å². The van der Waals surface area contributed by atoms with Crippen molar-refractivity contribution >= 4 is 27.5 Å². The SMILES string of the molecule is COc1ccccc1CCNC(=O)Cn1cnc2sc(C)c(C)c2c1=O. The third-order valence-corrected chi connectivity index (χ3v) is 5.49. The minimum Gasteiger partial charge on any atom is -0.496 e. The topological polar surface area (TPSA) is 73.2 Å². The molecule has 1 aromatic carbocycles. The molecule has 0 saturated carbocycles. The van der Waals surface area contributed by atoms with Crippen molar-refractivity contribution in [3.8, 4) is 5.75 Å². The van der Waals surface area contributed by atoms with Gasteiger partial charge in [0, 0.05) is 11.4 Å². The van der Waals surface area contributed by atoms with Crippen LogP contribution < -0.4 is 15.6 Å². The first-order valence-corrected chi connectivity index (χ1v) is 9.16. The first kappa shape index (κ1) is 18.1. The van der Waals surface area contributed by atoms with Crippen molar-refractivity contribution in [1.82, 2.24) is 14.9 Å². The molecule has 0 atom stereocenters. The molecule has 1 N–H and O–H groups in total. The molecule has 3 rings (SSSR count). The first-order chi connectivity index (χ1) is 12.5. The fraction of sp³-hybridized carbons (Fsp3) is 0.316. The summed E-state index contributed by atoms with van der Waals surface area (Å²) in [6.07, 6.45) is 2.10. The predicted molar refractivity (Wildman–Crippen MR) is 103 cm³/mol.